The zero-order valence-electron chi connectivity index (χ0n) is 12.6. The minimum absolute atomic E-state index is 0.266. The molecule has 1 aliphatic carbocycles. The van der Waals surface area contributed by atoms with E-state index in [1.54, 1.807) is 7.11 Å². The van der Waals surface area contributed by atoms with E-state index in [2.05, 4.69) is 10.2 Å². The summed E-state index contributed by atoms with van der Waals surface area (Å²) in [6, 6.07) is 0. The van der Waals surface area contributed by atoms with Crippen LogP contribution in [-0.2, 0) is 14.3 Å². The highest BCUT2D eigenvalue weighted by atomic mass is 16.5. The normalized spacial score (nSPS) is 23.9. The number of nitrogens with zero attached hydrogens (tertiary/aromatic N) is 1. The molecule has 1 saturated carbocycles. The Kier molecular flexibility index (Phi) is 6.76. The van der Waals surface area contributed by atoms with Crippen LogP contribution in [0.5, 0.6) is 0 Å². The van der Waals surface area contributed by atoms with Crippen molar-refractivity contribution < 1.29 is 14.3 Å². The van der Waals surface area contributed by atoms with Crippen molar-refractivity contribution in [2.75, 3.05) is 40.0 Å². The van der Waals surface area contributed by atoms with Crippen molar-refractivity contribution in [3.63, 3.8) is 0 Å². The number of methoxy groups -OCH3 is 1. The summed E-state index contributed by atoms with van der Waals surface area (Å²) in [5, 5.41) is 3.40. The lowest BCUT2D eigenvalue weighted by Crippen LogP contribution is -2.42. The molecular formula is C15H28N2O3. The predicted octanol–water partition coefficient (Wildman–Crippen LogP) is 1.38. The Hall–Kier alpha value is -0.650. The van der Waals surface area contributed by atoms with E-state index in [1.165, 1.54) is 25.7 Å². The van der Waals surface area contributed by atoms with Gasteiger partial charge >= 0.3 is 0 Å². The summed E-state index contributed by atoms with van der Waals surface area (Å²) in [7, 11) is 1.68. The maximum Gasteiger partial charge on any atom is 0.237 e. The topological polar surface area (TPSA) is 50.8 Å². The molecule has 1 amide bonds. The summed E-state index contributed by atoms with van der Waals surface area (Å²) in [5.74, 6) is 0.932. The minimum Gasteiger partial charge on any atom is -0.382 e. The number of hydrogen-bond donors (Lipinski definition) is 1. The zero-order valence-corrected chi connectivity index (χ0v) is 12.6. The average Bonchev–Trinajstić information content (AvgIpc) is 3.08. The summed E-state index contributed by atoms with van der Waals surface area (Å²) >= 11 is 0. The number of carbonyl (C=O) groups is 1. The smallest absolute Gasteiger partial charge is 0.237 e. The van der Waals surface area contributed by atoms with Crippen LogP contribution < -0.4 is 5.32 Å². The van der Waals surface area contributed by atoms with Gasteiger partial charge in [0.25, 0.3) is 0 Å². The van der Waals surface area contributed by atoms with Gasteiger partial charge in [-0.2, -0.15) is 0 Å². The van der Waals surface area contributed by atoms with E-state index in [1.807, 2.05) is 0 Å². The average molecular weight is 284 g/mol. The molecule has 5 heteroatoms. The predicted molar refractivity (Wildman–Crippen MR) is 77.4 cm³/mol. The fraction of sp³-hybridized carbons (Fsp3) is 0.933. The van der Waals surface area contributed by atoms with Crippen LogP contribution >= 0.6 is 0 Å². The third-order valence-electron chi connectivity index (χ3n) is 4.33. The van der Waals surface area contributed by atoms with Crippen molar-refractivity contribution in [1.82, 2.24) is 10.2 Å². The highest BCUT2D eigenvalue weighted by molar-refractivity contribution is 5.80. The first-order valence-electron chi connectivity index (χ1n) is 7.92. The number of nitrogens with one attached hydrogen (secondary N) is 1. The number of ether oxygens (including phenoxy) is 2. The van der Waals surface area contributed by atoms with Gasteiger partial charge in [-0.1, -0.05) is 12.8 Å². The molecule has 1 atom stereocenters. The zero-order chi connectivity index (χ0) is 14.2. The fourth-order valence-electron chi connectivity index (χ4n) is 3.25. The molecule has 1 heterocycles. The maximum atomic E-state index is 12.0. The highest BCUT2D eigenvalue weighted by Crippen LogP contribution is 2.30. The first-order valence-corrected chi connectivity index (χ1v) is 7.92. The van der Waals surface area contributed by atoms with Gasteiger partial charge in [0.05, 0.1) is 25.9 Å². The van der Waals surface area contributed by atoms with E-state index < -0.39 is 0 Å². The fourth-order valence-corrected chi connectivity index (χ4v) is 3.25. The van der Waals surface area contributed by atoms with Crippen LogP contribution in [0.2, 0.25) is 0 Å². The van der Waals surface area contributed by atoms with Crippen LogP contribution in [0.3, 0.4) is 0 Å². The van der Waals surface area contributed by atoms with Gasteiger partial charge in [0.2, 0.25) is 5.91 Å². The van der Waals surface area contributed by atoms with Crippen molar-refractivity contribution in [1.29, 1.82) is 0 Å². The highest BCUT2D eigenvalue weighted by Gasteiger charge is 2.36. The Morgan fingerprint density at radius 1 is 1.20 bits per heavy atom. The van der Waals surface area contributed by atoms with Crippen molar-refractivity contribution in [3.05, 3.63) is 0 Å². The number of amides is 1. The Bertz CT molecular complexity index is 293. The Morgan fingerprint density at radius 3 is 2.75 bits per heavy atom. The third kappa shape index (κ3) is 4.43. The van der Waals surface area contributed by atoms with Gasteiger partial charge in [-0.3, -0.25) is 10.1 Å². The molecule has 1 saturated heterocycles. The van der Waals surface area contributed by atoms with Crippen LogP contribution in [0.1, 0.15) is 38.5 Å². The number of unbranched alkanes of at least 4 members (excludes halogenated alkanes) is 1. The van der Waals surface area contributed by atoms with Gasteiger partial charge in [0.1, 0.15) is 0 Å². The van der Waals surface area contributed by atoms with E-state index in [-0.39, 0.29) is 5.91 Å². The molecule has 1 N–H and O–H groups in total. The molecule has 116 valence electrons. The number of carbonyl (C=O) groups excluding carboxylic acids is 1. The lowest BCUT2D eigenvalue weighted by Gasteiger charge is -2.29. The van der Waals surface area contributed by atoms with Gasteiger partial charge < -0.3 is 14.4 Å². The van der Waals surface area contributed by atoms with Crippen molar-refractivity contribution >= 4 is 5.91 Å². The number of rotatable bonds is 9. The molecule has 0 aromatic heterocycles. The van der Waals surface area contributed by atoms with Gasteiger partial charge in [-0.05, 0) is 31.6 Å². The Labute approximate surface area is 122 Å². The summed E-state index contributed by atoms with van der Waals surface area (Å²) < 4.78 is 10.4. The second-order valence-corrected chi connectivity index (χ2v) is 5.77. The van der Waals surface area contributed by atoms with Gasteiger partial charge in [-0.15, -0.1) is 0 Å². The van der Waals surface area contributed by atoms with E-state index in [0.29, 0.717) is 31.8 Å². The Balaban J connectivity index is 1.63. The molecule has 1 unspecified atom stereocenters. The third-order valence-corrected chi connectivity index (χ3v) is 4.33. The molecule has 0 bridgehead atoms. The van der Waals surface area contributed by atoms with Crippen LogP contribution in [0, 0.1) is 5.92 Å². The van der Waals surface area contributed by atoms with Gasteiger partial charge in [0, 0.05) is 20.3 Å². The van der Waals surface area contributed by atoms with Gasteiger partial charge in [0.15, 0.2) is 0 Å². The molecule has 1 aliphatic heterocycles. The molecule has 5 nitrogen and oxygen atoms in total. The molecule has 20 heavy (non-hydrogen) atoms. The quantitative estimate of drug-likeness (QED) is 0.650. The van der Waals surface area contributed by atoms with Crippen LogP contribution in [0.25, 0.3) is 0 Å². The lowest BCUT2D eigenvalue weighted by molar-refractivity contribution is -0.128. The van der Waals surface area contributed by atoms with Crippen LogP contribution in [-0.4, -0.2) is 57.0 Å². The lowest BCUT2D eigenvalue weighted by atomic mass is 10.0. The van der Waals surface area contributed by atoms with Gasteiger partial charge in [-0.25, -0.2) is 0 Å². The van der Waals surface area contributed by atoms with E-state index in [0.717, 1.165) is 26.0 Å². The summed E-state index contributed by atoms with van der Waals surface area (Å²) in [6.07, 6.45) is 7.48. The molecule has 2 aliphatic rings. The summed E-state index contributed by atoms with van der Waals surface area (Å²) in [5.41, 5.74) is 0. The second kappa shape index (κ2) is 8.60. The molecule has 2 rings (SSSR count). The van der Waals surface area contributed by atoms with Crippen molar-refractivity contribution in [2.45, 2.75) is 44.7 Å². The van der Waals surface area contributed by atoms with Crippen LogP contribution in [0.4, 0.5) is 0 Å². The summed E-state index contributed by atoms with van der Waals surface area (Å²) in [4.78, 5) is 14.0. The Morgan fingerprint density at radius 2 is 2.00 bits per heavy atom. The molecule has 0 aromatic carbocycles. The maximum absolute atomic E-state index is 12.0. The largest absolute Gasteiger partial charge is 0.382 e. The molecule has 0 spiro atoms. The molecule has 0 radical (unpaired) electrons. The van der Waals surface area contributed by atoms with Crippen molar-refractivity contribution in [3.8, 4) is 0 Å². The first kappa shape index (κ1) is 15.7. The van der Waals surface area contributed by atoms with E-state index in [4.69, 9.17) is 9.47 Å². The standard InChI is InChI=1S/C15H28N2O3/c1-19-10-11-20-9-5-4-8-17-14(18)12-16-15(17)13-6-2-3-7-13/h13,15-16H,2-12H2,1H3. The molecule has 2 fully saturated rings. The van der Waals surface area contributed by atoms with Crippen LogP contribution in [0.15, 0.2) is 0 Å². The second-order valence-electron chi connectivity index (χ2n) is 5.77. The summed E-state index contributed by atoms with van der Waals surface area (Å²) in [6.45, 7) is 3.45. The first-order chi connectivity index (χ1) is 9.83. The minimum atomic E-state index is 0.266. The SMILES string of the molecule is COCCOCCCCN1C(=O)CNC1C1CCCC1. The van der Waals surface area contributed by atoms with Crippen molar-refractivity contribution in [2.24, 2.45) is 5.92 Å². The van der Waals surface area contributed by atoms with E-state index in [9.17, 15) is 4.79 Å². The molecular weight excluding hydrogens is 256 g/mol. The monoisotopic (exact) mass is 284 g/mol. The number of hydrogen-bond acceptors (Lipinski definition) is 4. The molecule has 0 aromatic rings. The van der Waals surface area contributed by atoms with E-state index >= 15 is 0 Å².